The van der Waals surface area contributed by atoms with Crippen LogP contribution in [0.25, 0.3) is 18.2 Å². The maximum absolute atomic E-state index is 12.2. The monoisotopic (exact) mass is 1260 g/mol. The van der Waals surface area contributed by atoms with Crippen LogP contribution in [0.2, 0.25) is 15.5 Å². The van der Waals surface area contributed by atoms with Gasteiger partial charge in [-0.2, -0.15) is 0 Å². The van der Waals surface area contributed by atoms with E-state index in [0.29, 0.717) is 46.7 Å². The van der Waals surface area contributed by atoms with Gasteiger partial charge in [-0.1, -0.05) is 71.3 Å². The molecular weight excluding hydrogens is 1180 g/mol. The van der Waals surface area contributed by atoms with Gasteiger partial charge in [-0.3, -0.25) is 4.79 Å². The van der Waals surface area contributed by atoms with E-state index in [9.17, 15) is 9.90 Å². The summed E-state index contributed by atoms with van der Waals surface area (Å²) in [6, 6.07) is 6.89. The summed E-state index contributed by atoms with van der Waals surface area (Å²) in [6.45, 7) is 16.1. The van der Waals surface area contributed by atoms with Gasteiger partial charge in [-0.25, -0.2) is 44.9 Å². The number of aliphatic hydroxyl groups is 1. The average molecular weight is 1260 g/mol. The minimum atomic E-state index is -0.579. The van der Waals surface area contributed by atoms with E-state index < -0.39 is 5.60 Å². The highest BCUT2D eigenvalue weighted by molar-refractivity contribution is 6.30. The molecule has 1 amide bonds. The Morgan fingerprint density at radius 2 is 0.955 bits per heavy atom. The van der Waals surface area contributed by atoms with Gasteiger partial charge in [0.25, 0.3) is 0 Å². The fourth-order valence-electron chi connectivity index (χ4n) is 14.6. The lowest BCUT2D eigenvalue weighted by molar-refractivity contribution is -0.124. The zero-order valence-electron chi connectivity index (χ0n) is 51.8. The van der Waals surface area contributed by atoms with E-state index in [1.807, 2.05) is 25.1 Å². The number of rotatable bonds is 8. The van der Waals surface area contributed by atoms with Crippen LogP contribution < -0.4 is 34.7 Å². The number of nitrogens with zero attached hydrogens (tertiary/aromatic N) is 15. The molecule has 0 bridgehead atoms. The number of ether oxygens (including phenoxy) is 1. The number of methoxy groups -OCH3 is 1. The van der Waals surface area contributed by atoms with Crippen molar-refractivity contribution in [3.05, 3.63) is 138 Å². The van der Waals surface area contributed by atoms with Crippen molar-refractivity contribution in [2.75, 3.05) is 82.8 Å². The molecule has 6 aliphatic heterocycles. The van der Waals surface area contributed by atoms with Gasteiger partial charge in [0.1, 0.15) is 51.9 Å². The topological polar surface area (TPSA) is 194 Å². The van der Waals surface area contributed by atoms with Crippen molar-refractivity contribution < 1.29 is 14.6 Å². The molecule has 12 heterocycles. The van der Waals surface area contributed by atoms with Crippen molar-refractivity contribution >= 4 is 93.5 Å². The largest absolute Gasteiger partial charge is 0.390 e. The first-order chi connectivity index (χ1) is 43.1. The van der Waals surface area contributed by atoms with Crippen molar-refractivity contribution in [2.45, 2.75) is 154 Å². The third-order valence-corrected chi connectivity index (χ3v) is 20.2. The first kappa shape index (κ1) is 60.9. The fourth-order valence-corrected chi connectivity index (χ4v) is 15.2. The van der Waals surface area contributed by atoms with Crippen LogP contribution in [0.1, 0.15) is 134 Å². The number of anilines is 6. The Labute approximate surface area is 536 Å². The lowest BCUT2D eigenvalue weighted by Crippen LogP contribution is -2.45. The minimum absolute atomic E-state index is 0.00427. The van der Waals surface area contributed by atoms with Crippen LogP contribution in [0.15, 0.2) is 55.4 Å². The number of aromatic nitrogens is 9. The molecule has 3 fully saturated rings. The number of carbonyl (C=O) groups is 1. The zero-order chi connectivity index (χ0) is 61.7. The Hall–Kier alpha value is -7.03. The van der Waals surface area contributed by atoms with Crippen LogP contribution in [0.4, 0.5) is 34.5 Å². The quantitative estimate of drug-likeness (QED) is 0.137. The van der Waals surface area contributed by atoms with Crippen molar-refractivity contribution in [3.63, 3.8) is 0 Å². The number of fused-ring (bicyclic) bond motifs is 6. The standard InChI is InChI=1S/C23H27ClN6O.2C22H26ClN5O/c1-14-9-19-17(12-30(14)20-10-21(24)28-18-7-3-6-16(18)20)22(27-13-26-19)29-8-4-5-15(11-29)23(31)25-2;1-14-10-19-17(22(25-13-24-19)27-8-6-15(29-2)7-9-27)12-28(14)20-11-21(23)26-18-5-3-4-16(18)20;1-14-10-18-16(21(25-13-24-18)27-8-6-22(2,29)7-9-27)12-28(14)19-11-20(23)26-17-5-3-4-15(17)19/h3,6,10,13-15H,4-5,7-9,11-12H2,1-2H3,(H,25,31);3-4,11,13-15H,5-10,12H2,1-2H3;3-4,11,13-14,29H,5-10,12H2,1-2H3/t14-,15+;2*14-/m111/s1. The number of carbonyl (C=O) groups excluding carboxylic acids is 1. The molecule has 0 aromatic carbocycles. The Kier molecular flexibility index (Phi) is 17.6. The first-order valence-corrected chi connectivity index (χ1v) is 32.8. The maximum atomic E-state index is 12.2. The summed E-state index contributed by atoms with van der Waals surface area (Å²) < 4.78 is 5.54. The van der Waals surface area contributed by atoms with E-state index in [-0.39, 0.29) is 17.9 Å². The summed E-state index contributed by atoms with van der Waals surface area (Å²) >= 11 is 19.1. The minimum Gasteiger partial charge on any atom is -0.390 e. The Bertz CT molecular complexity index is 3750. The molecule has 9 aliphatic rings. The third kappa shape index (κ3) is 12.5. The van der Waals surface area contributed by atoms with Crippen LogP contribution in [-0.4, -0.2) is 139 Å². The van der Waals surface area contributed by atoms with E-state index >= 15 is 0 Å². The molecule has 466 valence electrons. The summed E-state index contributed by atoms with van der Waals surface area (Å²) in [5.41, 5.74) is 16.5. The lowest BCUT2D eigenvalue weighted by Gasteiger charge is -2.41. The van der Waals surface area contributed by atoms with Crippen LogP contribution in [0.5, 0.6) is 0 Å². The van der Waals surface area contributed by atoms with Gasteiger partial charge in [0.15, 0.2) is 0 Å². The van der Waals surface area contributed by atoms with Gasteiger partial charge in [-0.05, 0) is 84.4 Å². The molecule has 0 unspecified atom stereocenters. The van der Waals surface area contributed by atoms with Gasteiger partial charge in [-0.15, -0.1) is 0 Å². The second kappa shape index (κ2) is 25.7. The summed E-state index contributed by atoms with van der Waals surface area (Å²) in [6.07, 6.45) is 29.0. The van der Waals surface area contributed by atoms with Crippen molar-refractivity contribution in [1.29, 1.82) is 0 Å². The molecular formula is C67H79Cl3N16O3. The molecule has 6 aromatic rings. The number of pyridine rings is 3. The molecule has 0 spiro atoms. The smallest absolute Gasteiger partial charge is 0.224 e. The second-order valence-electron chi connectivity index (χ2n) is 25.5. The SMILES string of the molecule is CNC(=O)[C@H]1CCCN(c2ncnc3c2CN(c2cc(Cl)nc4c2C=CC4)[C@H](C)C3)C1.COC1CCN(c2ncnc3c2CN(c2cc(Cl)nc4c2C=CC4)[C@H](C)C3)CC1.C[C@@H]1Cc2ncnc(N3CCC(C)(O)CC3)c2CN1c1cc(Cl)nc2c1C=CC2. The van der Waals surface area contributed by atoms with Crippen LogP contribution >= 0.6 is 34.8 Å². The summed E-state index contributed by atoms with van der Waals surface area (Å²) in [5.74, 6) is 3.15. The van der Waals surface area contributed by atoms with E-state index in [4.69, 9.17) is 44.5 Å². The molecule has 0 radical (unpaired) electrons. The predicted molar refractivity (Wildman–Crippen MR) is 353 cm³/mol. The molecule has 3 aliphatic carbocycles. The first-order valence-electron chi connectivity index (χ1n) is 31.7. The highest BCUT2D eigenvalue weighted by Gasteiger charge is 2.37. The van der Waals surface area contributed by atoms with Crippen molar-refractivity contribution in [1.82, 2.24) is 50.2 Å². The number of piperidine rings is 3. The lowest BCUT2D eigenvalue weighted by atomic mass is 9.93. The molecule has 89 heavy (non-hydrogen) atoms. The van der Waals surface area contributed by atoms with Gasteiger partial charge in [0, 0.05) is 180 Å². The summed E-state index contributed by atoms with van der Waals surface area (Å²) in [4.78, 5) is 67.9. The average Bonchev–Trinajstić information content (AvgIpc) is 2.68. The zero-order valence-corrected chi connectivity index (χ0v) is 54.0. The highest BCUT2D eigenvalue weighted by Crippen LogP contribution is 2.42. The maximum Gasteiger partial charge on any atom is 0.224 e. The van der Waals surface area contributed by atoms with E-state index in [1.165, 1.54) is 33.6 Å². The number of halogens is 3. The van der Waals surface area contributed by atoms with Crippen molar-refractivity contribution in [3.8, 4) is 0 Å². The molecule has 22 heteroatoms. The third-order valence-electron chi connectivity index (χ3n) is 19.6. The van der Waals surface area contributed by atoms with E-state index in [2.05, 4.69) is 132 Å². The van der Waals surface area contributed by atoms with Gasteiger partial charge >= 0.3 is 0 Å². The van der Waals surface area contributed by atoms with Gasteiger partial charge in [0.2, 0.25) is 5.91 Å². The molecule has 15 rings (SSSR count). The van der Waals surface area contributed by atoms with Gasteiger partial charge < -0.3 is 44.6 Å². The summed E-state index contributed by atoms with van der Waals surface area (Å²) in [7, 11) is 3.51. The molecule has 2 N–H and O–H groups in total. The molecule has 4 atom stereocenters. The summed E-state index contributed by atoms with van der Waals surface area (Å²) in [5, 5.41) is 14.8. The predicted octanol–water partition coefficient (Wildman–Crippen LogP) is 10.1. The molecule has 3 saturated heterocycles. The molecule has 6 aromatic heterocycles. The van der Waals surface area contributed by atoms with E-state index in [0.717, 1.165) is 191 Å². The van der Waals surface area contributed by atoms with Crippen LogP contribution in [0, 0.1) is 5.92 Å². The Morgan fingerprint density at radius 3 is 1.35 bits per heavy atom. The van der Waals surface area contributed by atoms with E-state index in [1.54, 1.807) is 33.1 Å². The number of nitrogens with one attached hydrogen (secondary N) is 1. The molecule has 19 nitrogen and oxygen atoms in total. The number of hydrogen-bond donors (Lipinski definition) is 2. The number of allylic oxidation sites excluding steroid dienone is 3. The Balaban J connectivity index is 0.000000123. The number of hydrogen-bond acceptors (Lipinski definition) is 18. The highest BCUT2D eigenvalue weighted by atomic mass is 35.5. The normalized spacial score (nSPS) is 22.1. The molecule has 0 saturated carbocycles. The van der Waals surface area contributed by atoms with Crippen molar-refractivity contribution in [2.24, 2.45) is 5.92 Å². The Morgan fingerprint density at radius 1 is 0.562 bits per heavy atom. The van der Waals surface area contributed by atoms with Gasteiger partial charge in [0.05, 0.1) is 51.8 Å². The second-order valence-corrected chi connectivity index (χ2v) is 26.7. The fraction of sp³-hybridized carbons (Fsp3) is 0.493. The van der Waals surface area contributed by atoms with Crippen LogP contribution in [0.3, 0.4) is 0 Å². The number of amides is 1. The van der Waals surface area contributed by atoms with Crippen LogP contribution in [-0.2, 0) is 67.7 Å².